The first kappa shape index (κ1) is 48.9. The Morgan fingerprint density at radius 3 is 2.33 bits per heavy atom. The summed E-state index contributed by atoms with van der Waals surface area (Å²) in [5.74, 6) is -0.419. The highest BCUT2D eigenvalue weighted by Gasteiger charge is 2.53. The van der Waals surface area contributed by atoms with Gasteiger partial charge >= 0.3 is 12.4 Å². The molecule has 1 aromatic carbocycles. The lowest BCUT2D eigenvalue weighted by atomic mass is 10.1. The number of nitrogens with zero attached hydrogens (tertiary/aromatic N) is 8. The van der Waals surface area contributed by atoms with Crippen LogP contribution in [0, 0.1) is 22.7 Å². The summed E-state index contributed by atoms with van der Waals surface area (Å²) < 4.78 is 79.7. The Balaban J connectivity index is 1.33. The molecule has 5 heterocycles. The van der Waals surface area contributed by atoms with Gasteiger partial charge < -0.3 is 38.0 Å². The van der Waals surface area contributed by atoms with Crippen molar-refractivity contribution in [3.63, 3.8) is 0 Å². The van der Waals surface area contributed by atoms with Crippen LogP contribution in [0.25, 0.3) is 11.2 Å². The quantitative estimate of drug-likeness (QED) is 0.0776. The van der Waals surface area contributed by atoms with E-state index in [1.165, 1.54) is 17.2 Å². The lowest BCUT2D eigenvalue weighted by molar-refractivity contribution is -0.0589. The molecule has 4 unspecified atom stereocenters. The third-order valence-electron chi connectivity index (χ3n) is 9.72. The van der Waals surface area contributed by atoms with E-state index in [2.05, 4.69) is 20.3 Å². The first-order valence-electron chi connectivity index (χ1n) is 19.9. The summed E-state index contributed by atoms with van der Waals surface area (Å²) >= 11 is 5.70. The monoisotopic (exact) mass is 950 g/mol. The second kappa shape index (κ2) is 22.1. The second-order valence-electron chi connectivity index (χ2n) is 14.8. The van der Waals surface area contributed by atoms with Gasteiger partial charge in [0.25, 0.3) is 20.0 Å². The predicted molar refractivity (Wildman–Crippen MR) is 227 cm³/mol. The standard InChI is InChI=1S/C38H46F2N10O11P2S/c1-22(2)50(23(3)4)62(55-16-8-13-41)60-31-29(40)26(59-36(31)49-21-45-30-33(43-20-44-34(30)49)47-35(53)24-10-6-5-7-11-24)19-57-63(64,56-17-9-14-42)61-32-28(39)25(18-51)58-37(32)48-15-12-27(52)46-38(48)54/h5-7,10-12,15,20-23,25-26,28-29,31-32,36-37,51H,8-9,16-19H2,1-4H3,(H,46,52,54)(H,43,44,47,53)/t25-,26-,28+,29+,31?,32?,36-,37-,62?,63?/m1/s1. The van der Waals surface area contributed by atoms with Crippen molar-refractivity contribution in [3.05, 3.63) is 81.7 Å². The summed E-state index contributed by atoms with van der Waals surface area (Å²) in [6.45, 7) is 1.44. The van der Waals surface area contributed by atoms with E-state index in [0.29, 0.717) is 5.56 Å². The predicted octanol–water partition coefficient (Wildman–Crippen LogP) is 4.31. The summed E-state index contributed by atoms with van der Waals surface area (Å²) in [4.78, 5) is 52.8. The van der Waals surface area contributed by atoms with Crippen LogP contribution in [0.3, 0.4) is 0 Å². The number of ether oxygens (including phenoxy) is 2. The van der Waals surface area contributed by atoms with Gasteiger partial charge in [-0.15, -0.1) is 0 Å². The number of benzene rings is 1. The molecule has 2 aliphatic rings. The number of nitrogens with one attached hydrogen (secondary N) is 2. The molecule has 0 bridgehead atoms. The maximum Gasteiger partial charge on any atom is 0.330 e. The molecule has 0 aliphatic carbocycles. The molecule has 1 amide bonds. The number of aliphatic hydroxyl groups is 1. The second-order valence-corrected chi connectivity index (χ2v) is 19.1. The minimum atomic E-state index is -4.24. The number of rotatable bonds is 21. The van der Waals surface area contributed by atoms with Gasteiger partial charge in [-0.2, -0.15) is 10.5 Å². The summed E-state index contributed by atoms with van der Waals surface area (Å²) in [5, 5.41) is 31.2. The number of fused-ring (bicyclic) bond motifs is 1. The van der Waals surface area contributed by atoms with Crippen molar-refractivity contribution in [1.29, 1.82) is 10.5 Å². The number of hydrogen-bond acceptors (Lipinski definition) is 18. The summed E-state index contributed by atoms with van der Waals surface area (Å²) in [6, 6.07) is 13.0. The largest absolute Gasteiger partial charge is 0.394 e. The summed E-state index contributed by atoms with van der Waals surface area (Å²) in [6.07, 6.45) is -10.1. The normalized spacial score (nSPS) is 24.8. The van der Waals surface area contributed by atoms with E-state index in [4.69, 9.17) is 43.9 Å². The number of aromatic amines is 1. The van der Waals surface area contributed by atoms with Crippen LogP contribution >= 0.6 is 15.2 Å². The fourth-order valence-corrected chi connectivity index (χ4v) is 10.7. The molecule has 2 saturated heterocycles. The Bertz CT molecular complexity index is 2470. The van der Waals surface area contributed by atoms with Crippen molar-refractivity contribution in [1.82, 2.24) is 33.7 Å². The number of amides is 1. The first-order chi connectivity index (χ1) is 30.7. The molecule has 26 heteroatoms. The molecule has 2 aliphatic heterocycles. The molecular formula is C38H46F2N10O11P2S. The average Bonchev–Trinajstić information content (AvgIpc) is 3.93. The van der Waals surface area contributed by atoms with Crippen molar-refractivity contribution >= 4 is 49.9 Å². The van der Waals surface area contributed by atoms with Crippen LogP contribution in [0.1, 0.15) is 63.4 Å². The number of halogens is 2. The van der Waals surface area contributed by atoms with Gasteiger partial charge in [-0.1, -0.05) is 18.2 Å². The molecule has 6 rings (SSSR count). The Labute approximate surface area is 371 Å². The maximum absolute atomic E-state index is 17.3. The highest BCUT2D eigenvalue weighted by Crippen LogP contribution is 2.56. The number of nitriles is 2. The van der Waals surface area contributed by atoms with Crippen molar-refractivity contribution in [2.24, 2.45) is 0 Å². The molecule has 0 saturated carbocycles. The number of anilines is 1. The van der Waals surface area contributed by atoms with E-state index < -0.39 is 94.8 Å². The van der Waals surface area contributed by atoms with E-state index in [0.717, 1.165) is 16.8 Å². The Kier molecular flexibility index (Phi) is 16.9. The van der Waals surface area contributed by atoms with Crippen molar-refractivity contribution in [2.45, 2.75) is 102 Å². The van der Waals surface area contributed by atoms with Crippen LogP contribution in [0.5, 0.6) is 0 Å². The average molecular weight is 951 g/mol. The number of imidazole rings is 1. The minimum absolute atomic E-state index is 0.0197. The molecule has 0 spiro atoms. The zero-order chi connectivity index (χ0) is 46.1. The van der Waals surface area contributed by atoms with Gasteiger partial charge in [0.1, 0.15) is 30.7 Å². The molecule has 0 radical (unpaired) electrons. The smallest absolute Gasteiger partial charge is 0.330 e. The van der Waals surface area contributed by atoms with Gasteiger partial charge in [0.2, 0.25) is 0 Å². The van der Waals surface area contributed by atoms with Crippen LogP contribution < -0.4 is 16.6 Å². The number of alkyl halides is 2. The molecule has 10 atom stereocenters. The van der Waals surface area contributed by atoms with Crippen molar-refractivity contribution in [3.8, 4) is 12.1 Å². The van der Waals surface area contributed by atoms with Gasteiger partial charge in [0.15, 0.2) is 41.8 Å². The lowest BCUT2D eigenvalue weighted by Crippen LogP contribution is -2.38. The van der Waals surface area contributed by atoms with Crippen molar-refractivity contribution in [2.75, 3.05) is 31.7 Å². The van der Waals surface area contributed by atoms with Crippen molar-refractivity contribution < 1.29 is 50.8 Å². The zero-order valence-corrected chi connectivity index (χ0v) is 37.5. The van der Waals surface area contributed by atoms with Gasteiger partial charge in [0.05, 0.1) is 57.7 Å². The van der Waals surface area contributed by atoms with Crippen LogP contribution in [0.2, 0.25) is 0 Å². The number of aromatic nitrogens is 6. The number of aliphatic hydroxyl groups excluding tert-OH is 1. The molecule has 2 fully saturated rings. The third kappa shape index (κ3) is 11.3. The van der Waals surface area contributed by atoms with E-state index in [1.807, 2.05) is 49.5 Å². The topological polar surface area (TPSA) is 263 Å². The maximum atomic E-state index is 17.3. The summed E-state index contributed by atoms with van der Waals surface area (Å²) in [5.41, 5.74) is -1.12. The van der Waals surface area contributed by atoms with E-state index in [9.17, 15) is 30.0 Å². The molecule has 3 N–H and O–H groups in total. The lowest BCUT2D eigenvalue weighted by Gasteiger charge is -2.37. The van der Waals surface area contributed by atoms with Gasteiger partial charge in [-0.3, -0.25) is 28.2 Å². The molecule has 64 heavy (non-hydrogen) atoms. The number of hydrogen-bond donors (Lipinski definition) is 3. The van der Waals surface area contributed by atoms with E-state index in [-0.39, 0.29) is 55.1 Å². The van der Waals surface area contributed by atoms with E-state index >= 15 is 8.78 Å². The van der Waals surface area contributed by atoms with Crippen LogP contribution in [0.15, 0.2) is 64.8 Å². The SMILES string of the molecule is CC(C)N(C(C)C)P(OCCC#N)OC1[C@@H](F)[C@@H](COP(=S)(OCCC#N)OC2[C@@H](F)[C@@H](CO)O[C@H]2n2ccc(=O)[nH]c2=O)O[C@H]1n1cnc2c(NC(=O)c3ccccc3)ncnc21. The molecular weight excluding hydrogens is 904 g/mol. The van der Waals surface area contributed by atoms with Crippen LogP contribution in [-0.4, -0.2) is 120 Å². The first-order valence-corrected chi connectivity index (χ1v) is 23.6. The fraction of sp³-hybridized carbons (Fsp3) is 0.526. The summed E-state index contributed by atoms with van der Waals surface area (Å²) in [7, 11) is -2.08. The molecule has 3 aromatic heterocycles. The zero-order valence-electron chi connectivity index (χ0n) is 34.9. The number of H-pyrrole nitrogens is 1. The third-order valence-corrected chi connectivity index (χ3v) is 14.2. The van der Waals surface area contributed by atoms with E-state index in [1.54, 1.807) is 30.3 Å². The molecule has 4 aromatic rings. The van der Waals surface area contributed by atoms with Crippen LogP contribution in [-0.2, 0) is 43.9 Å². The van der Waals surface area contributed by atoms with Crippen LogP contribution in [0.4, 0.5) is 14.6 Å². The van der Waals surface area contributed by atoms with Gasteiger partial charge in [-0.05, 0) is 51.6 Å². The Morgan fingerprint density at radius 1 is 0.984 bits per heavy atom. The molecule has 21 nitrogen and oxygen atoms in total. The Hall–Kier alpha value is -4.52. The molecule has 344 valence electrons. The van der Waals surface area contributed by atoms with Gasteiger partial charge in [-0.25, -0.2) is 33.2 Å². The number of carbonyl (C=O) groups is 1. The van der Waals surface area contributed by atoms with Gasteiger partial charge in [0, 0.05) is 29.9 Å². The highest BCUT2D eigenvalue weighted by atomic mass is 32.5. The fourth-order valence-electron chi connectivity index (χ4n) is 6.88. The minimum Gasteiger partial charge on any atom is -0.394 e. The number of carbonyl (C=O) groups excluding carboxylic acids is 1. The highest BCUT2D eigenvalue weighted by molar-refractivity contribution is 8.07. The Morgan fingerprint density at radius 2 is 1.66 bits per heavy atom.